The number of aromatic nitrogens is 2. The van der Waals surface area contributed by atoms with E-state index in [-0.39, 0.29) is 15.9 Å². The van der Waals surface area contributed by atoms with Gasteiger partial charge in [0.05, 0.1) is 0 Å². The van der Waals surface area contributed by atoms with Gasteiger partial charge in [0.25, 0.3) is 10.0 Å². The molecule has 0 unspecified atom stereocenters. The Hall–Kier alpha value is -1.38. The third-order valence-electron chi connectivity index (χ3n) is 2.12. The lowest BCUT2D eigenvalue weighted by Crippen LogP contribution is -2.15. The number of nitrogen functional groups attached to an aromatic ring is 1. The average Bonchev–Trinajstić information content (AvgIpc) is 2.31. The van der Waals surface area contributed by atoms with Crippen molar-refractivity contribution in [2.75, 3.05) is 10.5 Å². The maximum absolute atomic E-state index is 12.2. The number of sulfonamides is 1. The molecule has 9 heteroatoms. The maximum atomic E-state index is 12.2. The minimum absolute atomic E-state index is 0.0160. The molecule has 0 radical (unpaired) electrons. The largest absolute Gasteiger partial charge is 0.399 e. The number of nitrogens with one attached hydrogen (secondary N) is 1. The van der Waals surface area contributed by atoms with Crippen LogP contribution in [0, 0.1) is 0 Å². The Labute approximate surface area is 123 Å². The van der Waals surface area contributed by atoms with Crippen LogP contribution in [0.1, 0.15) is 0 Å². The molecule has 2 rings (SSSR count). The van der Waals surface area contributed by atoms with E-state index in [1.807, 2.05) is 0 Å². The standard InChI is InChI=1S/C10H8BrClN4O2S/c11-7-2-1-6(13)3-8(7)19(17,18)16-10-4-9(12)14-5-15-10/h1-5H,13H2,(H,14,15,16). The lowest BCUT2D eigenvalue weighted by atomic mass is 10.3. The van der Waals surface area contributed by atoms with E-state index in [0.717, 1.165) is 6.33 Å². The summed E-state index contributed by atoms with van der Waals surface area (Å²) in [5.41, 5.74) is 5.92. The van der Waals surface area contributed by atoms with Gasteiger partial charge in [0.15, 0.2) is 0 Å². The van der Waals surface area contributed by atoms with Crippen LogP contribution in [-0.2, 0) is 10.0 Å². The van der Waals surface area contributed by atoms with E-state index in [4.69, 9.17) is 17.3 Å². The zero-order chi connectivity index (χ0) is 14.0. The highest BCUT2D eigenvalue weighted by atomic mass is 79.9. The average molecular weight is 364 g/mol. The van der Waals surface area contributed by atoms with Crippen molar-refractivity contribution in [1.29, 1.82) is 0 Å². The van der Waals surface area contributed by atoms with Gasteiger partial charge in [-0.25, -0.2) is 18.4 Å². The molecule has 100 valence electrons. The van der Waals surface area contributed by atoms with Crippen LogP contribution in [0.15, 0.2) is 40.0 Å². The second-order valence-corrected chi connectivity index (χ2v) is 6.41. The summed E-state index contributed by atoms with van der Waals surface area (Å²) in [4.78, 5) is 7.45. The molecular formula is C10H8BrClN4O2S. The predicted octanol–water partition coefficient (Wildman–Crippen LogP) is 2.28. The summed E-state index contributed by atoms with van der Waals surface area (Å²) in [5, 5.41) is 0.138. The van der Waals surface area contributed by atoms with Gasteiger partial charge in [-0.05, 0) is 34.1 Å². The van der Waals surface area contributed by atoms with E-state index < -0.39 is 10.0 Å². The first kappa shape index (κ1) is 14.0. The zero-order valence-electron chi connectivity index (χ0n) is 9.34. The molecule has 3 N–H and O–H groups in total. The van der Waals surface area contributed by atoms with Crippen LogP contribution < -0.4 is 10.5 Å². The van der Waals surface area contributed by atoms with Crippen molar-refractivity contribution in [2.45, 2.75) is 4.90 Å². The van der Waals surface area contributed by atoms with Crippen molar-refractivity contribution >= 4 is 49.1 Å². The summed E-state index contributed by atoms with van der Waals surface area (Å²) < 4.78 is 27.1. The maximum Gasteiger partial charge on any atom is 0.264 e. The Kier molecular flexibility index (Phi) is 3.93. The second-order valence-electron chi connectivity index (χ2n) is 3.52. The van der Waals surface area contributed by atoms with Crippen molar-refractivity contribution in [3.63, 3.8) is 0 Å². The van der Waals surface area contributed by atoms with Crippen LogP contribution in [0.3, 0.4) is 0 Å². The molecule has 0 aliphatic heterocycles. The minimum atomic E-state index is -3.81. The van der Waals surface area contributed by atoms with E-state index in [0.29, 0.717) is 10.2 Å². The van der Waals surface area contributed by atoms with Crippen molar-refractivity contribution in [3.8, 4) is 0 Å². The molecule has 1 aromatic carbocycles. The number of anilines is 2. The van der Waals surface area contributed by atoms with Crippen molar-refractivity contribution in [3.05, 3.63) is 40.2 Å². The number of hydrogen-bond donors (Lipinski definition) is 2. The molecular weight excluding hydrogens is 356 g/mol. The quantitative estimate of drug-likeness (QED) is 0.644. The van der Waals surface area contributed by atoms with Gasteiger partial charge in [0.1, 0.15) is 22.2 Å². The van der Waals surface area contributed by atoms with Crippen LogP contribution in [0.5, 0.6) is 0 Å². The number of nitrogens with zero attached hydrogens (tertiary/aromatic N) is 2. The predicted molar refractivity (Wildman–Crippen MR) is 76.4 cm³/mol. The van der Waals surface area contributed by atoms with Crippen molar-refractivity contribution in [2.24, 2.45) is 0 Å². The molecule has 0 fully saturated rings. The summed E-state index contributed by atoms with van der Waals surface area (Å²) >= 11 is 8.82. The summed E-state index contributed by atoms with van der Waals surface area (Å²) in [7, 11) is -3.81. The highest BCUT2D eigenvalue weighted by Crippen LogP contribution is 2.26. The summed E-state index contributed by atoms with van der Waals surface area (Å²) in [6.45, 7) is 0. The minimum Gasteiger partial charge on any atom is -0.399 e. The van der Waals surface area contributed by atoms with E-state index in [1.54, 1.807) is 12.1 Å². The SMILES string of the molecule is Nc1ccc(Br)c(S(=O)(=O)Nc2cc(Cl)ncn2)c1. The van der Waals surface area contributed by atoms with Gasteiger partial charge in [-0.15, -0.1) is 0 Å². The normalized spacial score (nSPS) is 11.3. The van der Waals surface area contributed by atoms with Gasteiger partial charge in [-0.2, -0.15) is 0 Å². The number of hydrogen-bond acceptors (Lipinski definition) is 5. The van der Waals surface area contributed by atoms with Crippen molar-refractivity contribution < 1.29 is 8.42 Å². The number of benzene rings is 1. The van der Waals surface area contributed by atoms with E-state index in [9.17, 15) is 8.42 Å². The smallest absolute Gasteiger partial charge is 0.264 e. The van der Waals surface area contributed by atoms with Gasteiger partial charge in [0, 0.05) is 16.2 Å². The van der Waals surface area contributed by atoms with E-state index >= 15 is 0 Å². The van der Waals surface area contributed by atoms with E-state index in [2.05, 4.69) is 30.6 Å². The highest BCUT2D eigenvalue weighted by molar-refractivity contribution is 9.10. The molecule has 0 atom stereocenters. The van der Waals surface area contributed by atoms with Crippen LogP contribution in [0.2, 0.25) is 5.15 Å². The zero-order valence-corrected chi connectivity index (χ0v) is 12.5. The Morgan fingerprint density at radius 2 is 2.00 bits per heavy atom. The van der Waals surface area contributed by atoms with Crippen LogP contribution in [-0.4, -0.2) is 18.4 Å². The van der Waals surface area contributed by atoms with Gasteiger partial charge < -0.3 is 5.73 Å². The van der Waals surface area contributed by atoms with Gasteiger partial charge in [0.2, 0.25) is 0 Å². The topological polar surface area (TPSA) is 98.0 Å². The van der Waals surface area contributed by atoms with Crippen LogP contribution in [0.25, 0.3) is 0 Å². The Balaban J connectivity index is 2.40. The molecule has 0 bridgehead atoms. The van der Waals surface area contributed by atoms with Gasteiger partial charge in [-0.1, -0.05) is 11.6 Å². The lowest BCUT2D eigenvalue weighted by molar-refractivity contribution is 0.600. The number of nitrogens with two attached hydrogens (primary N) is 1. The molecule has 0 aliphatic carbocycles. The third kappa shape index (κ3) is 3.34. The third-order valence-corrected chi connectivity index (χ3v) is 4.67. The van der Waals surface area contributed by atoms with E-state index in [1.165, 1.54) is 12.1 Å². The van der Waals surface area contributed by atoms with Gasteiger partial charge in [-0.3, -0.25) is 4.72 Å². The molecule has 6 nitrogen and oxygen atoms in total. The molecule has 0 amide bonds. The van der Waals surface area contributed by atoms with Gasteiger partial charge >= 0.3 is 0 Å². The molecule has 0 saturated heterocycles. The fourth-order valence-electron chi connectivity index (χ4n) is 1.31. The Morgan fingerprint density at radius 3 is 2.68 bits per heavy atom. The number of rotatable bonds is 3. The first-order valence-corrected chi connectivity index (χ1v) is 7.59. The molecule has 19 heavy (non-hydrogen) atoms. The lowest BCUT2D eigenvalue weighted by Gasteiger charge is -2.09. The molecule has 0 spiro atoms. The molecule has 1 heterocycles. The monoisotopic (exact) mass is 362 g/mol. The van der Waals surface area contributed by atoms with Crippen LogP contribution in [0.4, 0.5) is 11.5 Å². The molecule has 1 aromatic heterocycles. The number of halogens is 2. The molecule has 0 aliphatic rings. The Bertz CT molecular complexity index is 723. The molecule has 2 aromatic rings. The molecule has 0 saturated carbocycles. The fourth-order valence-corrected chi connectivity index (χ4v) is 3.45. The summed E-state index contributed by atoms with van der Waals surface area (Å²) in [6, 6.07) is 5.79. The van der Waals surface area contributed by atoms with Crippen molar-refractivity contribution in [1.82, 2.24) is 9.97 Å². The Morgan fingerprint density at radius 1 is 1.26 bits per heavy atom. The summed E-state index contributed by atoms with van der Waals surface area (Å²) in [5.74, 6) is 0.0781. The first-order valence-electron chi connectivity index (χ1n) is 4.94. The van der Waals surface area contributed by atoms with Crippen LogP contribution >= 0.6 is 27.5 Å². The summed E-state index contributed by atoms with van der Waals surface area (Å²) in [6.07, 6.45) is 1.16. The fraction of sp³-hybridized carbons (Fsp3) is 0. The highest BCUT2D eigenvalue weighted by Gasteiger charge is 2.18. The first-order chi connectivity index (χ1) is 8.88. The second kappa shape index (κ2) is 5.32.